The highest BCUT2D eigenvalue weighted by atomic mass is 35.5. The van der Waals surface area contributed by atoms with E-state index < -0.39 is 25.8 Å². The van der Waals surface area contributed by atoms with Crippen LogP contribution < -0.4 is 5.32 Å². The Morgan fingerprint density at radius 1 is 1.09 bits per heavy atom. The summed E-state index contributed by atoms with van der Waals surface area (Å²) in [4.78, 5) is 13.1. The van der Waals surface area contributed by atoms with Gasteiger partial charge in [0.2, 0.25) is 15.9 Å². The Kier molecular flexibility index (Phi) is 8.11. The first-order chi connectivity index (χ1) is 15.4. The number of rotatable bonds is 7. The van der Waals surface area contributed by atoms with Gasteiger partial charge in [0.15, 0.2) is 9.84 Å². The molecule has 0 bridgehead atoms. The molecule has 1 aliphatic heterocycles. The summed E-state index contributed by atoms with van der Waals surface area (Å²) >= 11 is 12.3. The zero-order valence-electron chi connectivity index (χ0n) is 18.3. The summed E-state index contributed by atoms with van der Waals surface area (Å²) in [6.07, 6.45) is 2.27. The second-order valence-electron chi connectivity index (χ2n) is 8.23. The first kappa shape index (κ1) is 26.0. The maximum absolute atomic E-state index is 13.0. The number of hydrogen-bond acceptors (Lipinski definition) is 5. The van der Waals surface area contributed by atoms with Crippen molar-refractivity contribution >= 4 is 49.0 Å². The fourth-order valence-electron chi connectivity index (χ4n) is 3.77. The molecule has 0 aliphatic carbocycles. The SMILES string of the molecule is C[C@@H](NC(=O)[C@H]1CCCN(S(=O)(=O)Cc2c(Cl)cccc2Cl)C1)c1ccc(S(C)(=O)=O)cc1. The number of benzene rings is 2. The Labute approximate surface area is 205 Å². The second-order valence-corrected chi connectivity index (χ2v) is 13.0. The van der Waals surface area contributed by atoms with Crippen LogP contribution in [0.15, 0.2) is 47.4 Å². The highest BCUT2D eigenvalue weighted by molar-refractivity contribution is 7.90. The molecule has 180 valence electrons. The molecule has 1 saturated heterocycles. The van der Waals surface area contributed by atoms with Gasteiger partial charge in [-0.05, 0) is 49.6 Å². The Morgan fingerprint density at radius 3 is 2.27 bits per heavy atom. The summed E-state index contributed by atoms with van der Waals surface area (Å²) in [5.74, 6) is -1.07. The van der Waals surface area contributed by atoms with E-state index >= 15 is 0 Å². The van der Waals surface area contributed by atoms with Gasteiger partial charge in [0, 0.05) is 35.0 Å². The van der Waals surface area contributed by atoms with Crippen molar-refractivity contribution in [1.29, 1.82) is 0 Å². The molecule has 0 saturated carbocycles. The Morgan fingerprint density at radius 2 is 1.70 bits per heavy atom. The molecule has 1 aliphatic rings. The molecule has 0 spiro atoms. The smallest absolute Gasteiger partial charge is 0.224 e. The van der Waals surface area contributed by atoms with Crippen molar-refractivity contribution in [3.8, 4) is 0 Å². The van der Waals surface area contributed by atoms with E-state index in [0.29, 0.717) is 24.9 Å². The standard InChI is InChI=1S/C22H26Cl2N2O5S2/c1-15(16-8-10-18(11-9-16)32(2,28)29)25-22(27)17-5-4-12-26(13-17)33(30,31)14-19-20(23)6-3-7-21(19)24/h3,6-11,15,17H,4-5,12-14H2,1-2H3,(H,25,27)/t15-,17+/m1/s1. The number of hydrogen-bond donors (Lipinski definition) is 1. The minimum atomic E-state index is -3.72. The van der Waals surface area contributed by atoms with Crippen LogP contribution in [-0.4, -0.2) is 46.4 Å². The summed E-state index contributed by atoms with van der Waals surface area (Å²) in [6, 6.07) is 10.8. The molecular weight excluding hydrogens is 507 g/mol. The van der Waals surface area contributed by atoms with Gasteiger partial charge in [-0.3, -0.25) is 4.79 Å². The van der Waals surface area contributed by atoms with Crippen LogP contribution in [0.4, 0.5) is 0 Å². The Balaban J connectivity index is 1.66. The summed E-state index contributed by atoms with van der Waals surface area (Å²) in [6.45, 7) is 2.21. The van der Waals surface area contributed by atoms with E-state index in [4.69, 9.17) is 23.2 Å². The van der Waals surface area contributed by atoms with E-state index in [2.05, 4.69) is 5.32 Å². The minimum Gasteiger partial charge on any atom is -0.349 e. The number of halogens is 2. The normalized spacial score (nSPS) is 18.6. The minimum absolute atomic E-state index is 0.0793. The molecule has 0 unspecified atom stereocenters. The monoisotopic (exact) mass is 532 g/mol. The van der Waals surface area contributed by atoms with Gasteiger partial charge in [0.25, 0.3) is 0 Å². The highest BCUT2D eigenvalue weighted by Gasteiger charge is 2.33. The molecule has 33 heavy (non-hydrogen) atoms. The first-order valence-electron chi connectivity index (χ1n) is 10.4. The zero-order valence-corrected chi connectivity index (χ0v) is 21.4. The molecule has 7 nitrogen and oxygen atoms in total. The van der Waals surface area contributed by atoms with Crippen molar-refractivity contribution in [1.82, 2.24) is 9.62 Å². The van der Waals surface area contributed by atoms with Crippen molar-refractivity contribution in [2.45, 2.75) is 36.5 Å². The lowest BCUT2D eigenvalue weighted by Gasteiger charge is -2.32. The molecule has 2 aromatic carbocycles. The molecule has 1 N–H and O–H groups in total. The maximum atomic E-state index is 13.0. The maximum Gasteiger partial charge on any atom is 0.224 e. The number of piperidine rings is 1. The zero-order chi connectivity index (χ0) is 24.4. The van der Waals surface area contributed by atoms with Crippen molar-refractivity contribution in [3.63, 3.8) is 0 Å². The van der Waals surface area contributed by atoms with Gasteiger partial charge in [0.1, 0.15) is 0 Å². The molecular formula is C22H26Cl2N2O5S2. The van der Waals surface area contributed by atoms with Crippen LogP contribution in [0, 0.1) is 5.92 Å². The fraction of sp³-hybridized carbons (Fsp3) is 0.409. The molecule has 0 aromatic heterocycles. The van der Waals surface area contributed by atoms with E-state index in [1.807, 2.05) is 0 Å². The lowest BCUT2D eigenvalue weighted by atomic mass is 9.98. The van der Waals surface area contributed by atoms with Crippen LogP contribution in [0.25, 0.3) is 0 Å². The molecule has 2 aromatic rings. The lowest BCUT2D eigenvalue weighted by molar-refractivity contribution is -0.126. The average molecular weight is 533 g/mol. The van der Waals surface area contributed by atoms with Crippen LogP contribution >= 0.6 is 23.2 Å². The molecule has 1 amide bonds. The third-order valence-corrected chi connectivity index (χ3v) is 9.31. The molecule has 0 radical (unpaired) electrons. The number of amides is 1. The highest BCUT2D eigenvalue weighted by Crippen LogP contribution is 2.29. The molecule has 3 rings (SSSR count). The summed E-state index contributed by atoms with van der Waals surface area (Å²) in [5.41, 5.74) is 1.10. The number of sulfonamides is 1. The van der Waals surface area contributed by atoms with Crippen molar-refractivity contribution in [3.05, 3.63) is 63.6 Å². The number of sulfone groups is 1. The van der Waals surface area contributed by atoms with Crippen LogP contribution in [-0.2, 0) is 30.4 Å². The Bertz CT molecular complexity index is 1210. The molecule has 1 fully saturated rings. The fourth-order valence-corrected chi connectivity index (χ4v) is 6.76. The van der Waals surface area contributed by atoms with E-state index in [0.717, 1.165) is 11.8 Å². The van der Waals surface area contributed by atoms with E-state index in [-0.39, 0.29) is 39.2 Å². The van der Waals surface area contributed by atoms with E-state index in [1.165, 1.54) is 16.4 Å². The average Bonchev–Trinajstić information content (AvgIpc) is 2.76. The van der Waals surface area contributed by atoms with Gasteiger partial charge in [-0.1, -0.05) is 41.4 Å². The Hall–Kier alpha value is -1.65. The van der Waals surface area contributed by atoms with Crippen molar-refractivity contribution in [2.75, 3.05) is 19.3 Å². The number of carbonyl (C=O) groups excluding carboxylic acids is 1. The van der Waals surface area contributed by atoms with Crippen molar-refractivity contribution < 1.29 is 21.6 Å². The molecule has 2 atom stereocenters. The van der Waals surface area contributed by atoms with Crippen LogP contribution in [0.1, 0.15) is 36.9 Å². The summed E-state index contributed by atoms with van der Waals surface area (Å²) < 4.78 is 50.6. The van der Waals surface area contributed by atoms with Gasteiger partial charge in [-0.15, -0.1) is 0 Å². The van der Waals surface area contributed by atoms with Gasteiger partial charge in [-0.25, -0.2) is 21.1 Å². The number of nitrogens with one attached hydrogen (secondary N) is 1. The quantitative estimate of drug-likeness (QED) is 0.584. The van der Waals surface area contributed by atoms with Crippen LogP contribution in [0.3, 0.4) is 0 Å². The molecule has 1 heterocycles. The third kappa shape index (κ3) is 6.48. The lowest BCUT2D eigenvalue weighted by Crippen LogP contribution is -2.46. The van der Waals surface area contributed by atoms with Gasteiger partial charge >= 0.3 is 0 Å². The van der Waals surface area contributed by atoms with Crippen LogP contribution in [0.2, 0.25) is 10.0 Å². The van der Waals surface area contributed by atoms with Crippen LogP contribution in [0.5, 0.6) is 0 Å². The van der Waals surface area contributed by atoms with Gasteiger partial charge < -0.3 is 5.32 Å². The molecule has 11 heteroatoms. The first-order valence-corrected chi connectivity index (χ1v) is 14.7. The van der Waals surface area contributed by atoms with Gasteiger partial charge in [0.05, 0.1) is 22.6 Å². The van der Waals surface area contributed by atoms with E-state index in [1.54, 1.807) is 37.3 Å². The predicted molar refractivity (Wildman–Crippen MR) is 129 cm³/mol. The number of nitrogens with zero attached hydrogens (tertiary/aromatic N) is 1. The van der Waals surface area contributed by atoms with E-state index in [9.17, 15) is 21.6 Å². The largest absolute Gasteiger partial charge is 0.349 e. The summed E-state index contributed by atoms with van der Waals surface area (Å²) in [7, 11) is -7.02. The predicted octanol–water partition coefficient (Wildman–Crippen LogP) is 3.82. The third-order valence-electron chi connectivity index (χ3n) is 5.70. The topological polar surface area (TPSA) is 101 Å². The number of carbonyl (C=O) groups is 1. The summed E-state index contributed by atoms with van der Waals surface area (Å²) in [5, 5.41) is 3.48. The van der Waals surface area contributed by atoms with Gasteiger partial charge in [-0.2, -0.15) is 0 Å². The van der Waals surface area contributed by atoms with Crippen molar-refractivity contribution in [2.24, 2.45) is 5.92 Å². The second kappa shape index (κ2) is 10.3.